The molecule has 6 nitrogen and oxygen atoms in total. The van der Waals surface area contributed by atoms with E-state index in [9.17, 15) is 14.4 Å². The predicted octanol–water partition coefficient (Wildman–Crippen LogP) is 3.57. The van der Waals surface area contributed by atoms with Crippen LogP contribution in [-0.2, 0) is 14.4 Å². The first kappa shape index (κ1) is 18.7. The van der Waals surface area contributed by atoms with E-state index in [0.717, 1.165) is 22.3 Å². The number of amides is 3. The Morgan fingerprint density at radius 3 is 2.46 bits per heavy atom. The summed E-state index contributed by atoms with van der Waals surface area (Å²) < 4.78 is 0.888. The normalized spacial score (nSPS) is 19.4. The molecule has 2 aromatic rings. The molecule has 1 unspecified atom stereocenters. The Balaban J connectivity index is 1.44. The summed E-state index contributed by atoms with van der Waals surface area (Å²) in [6, 6.07) is 14.8. The SMILES string of the molecule is O=C(Nc1cccc(N2CCCC2=O)c1)C1CC(=O)N(c2cccc(Br)c2)C1. The number of hydrogen-bond donors (Lipinski definition) is 1. The van der Waals surface area contributed by atoms with E-state index in [2.05, 4.69) is 21.2 Å². The topological polar surface area (TPSA) is 69.7 Å². The van der Waals surface area contributed by atoms with Crippen LogP contribution in [0, 0.1) is 5.92 Å². The van der Waals surface area contributed by atoms with Crippen LogP contribution in [0.2, 0.25) is 0 Å². The van der Waals surface area contributed by atoms with E-state index < -0.39 is 5.92 Å². The van der Waals surface area contributed by atoms with E-state index in [1.807, 2.05) is 42.5 Å². The summed E-state index contributed by atoms with van der Waals surface area (Å²) in [6.45, 7) is 1.06. The van der Waals surface area contributed by atoms with Crippen molar-refractivity contribution in [3.63, 3.8) is 0 Å². The number of halogens is 1. The van der Waals surface area contributed by atoms with Crippen molar-refractivity contribution >= 4 is 50.7 Å². The zero-order chi connectivity index (χ0) is 19.7. The Labute approximate surface area is 171 Å². The minimum Gasteiger partial charge on any atom is -0.326 e. The second-order valence-corrected chi connectivity index (χ2v) is 7.99. The molecule has 2 aliphatic rings. The van der Waals surface area contributed by atoms with E-state index in [1.54, 1.807) is 15.9 Å². The quantitative estimate of drug-likeness (QED) is 0.788. The molecule has 2 saturated heterocycles. The number of rotatable bonds is 4. The number of benzene rings is 2. The van der Waals surface area contributed by atoms with Crippen LogP contribution in [0.15, 0.2) is 53.0 Å². The van der Waals surface area contributed by atoms with Gasteiger partial charge in [0.2, 0.25) is 17.7 Å². The summed E-state index contributed by atoms with van der Waals surface area (Å²) in [7, 11) is 0. The molecule has 0 aliphatic carbocycles. The summed E-state index contributed by atoms with van der Waals surface area (Å²) in [5, 5.41) is 2.90. The minimum absolute atomic E-state index is 0.0605. The molecule has 0 aromatic heterocycles. The Morgan fingerprint density at radius 2 is 1.75 bits per heavy atom. The van der Waals surface area contributed by atoms with Gasteiger partial charge in [0, 0.05) is 47.5 Å². The standard InChI is InChI=1S/C21H20BrN3O3/c22-15-4-1-6-17(11-15)25-13-14(10-20(25)27)21(28)23-16-5-2-7-18(12-16)24-9-3-8-19(24)26/h1-2,4-7,11-12,14H,3,8-10,13H2,(H,23,28). The van der Waals surface area contributed by atoms with E-state index in [4.69, 9.17) is 0 Å². The maximum atomic E-state index is 12.7. The lowest BCUT2D eigenvalue weighted by Crippen LogP contribution is -2.28. The lowest BCUT2D eigenvalue weighted by atomic mass is 10.1. The largest absolute Gasteiger partial charge is 0.326 e. The molecular weight excluding hydrogens is 422 g/mol. The number of anilines is 3. The van der Waals surface area contributed by atoms with Gasteiger partial charge in [0.15, 0.2) is 0 Å². The zero-order valence-electron chi connectivity index (χ0n) is 15.2. The van der Waals surface area contributed by atoms with Gasteiger partial charge in [-0.2, -0.15) is 0 Å². The Morgan fingerprint density at radius 1 is 1.00 bits per heavy atom. The molecule has 7 heteroatoms. The van der Waals surface area contributed by atoms with Crippen LogP contribution in [-0.4, -0.2) is 30.8 Å². The smallest absolute Gasteiger partial charge is 0.229 e. The fourth-order valence-electron chi connectivity index (χ4n) is 3.69. The molecule has 2 heterocycles. The lowest BCUT2D eigenvalue weighted by Gasteiger charge is -2.18. The van der Waals surface area contributed by atoms with Gasteiger partial charge in [-0.15, -0.1) is 0 Å². The Bertz CT molecular complexity index is 946. The lowest BCUT2D eigenvalue weighted by molar-refractivity contribution is -0.122. The van der Waals surface area contributed by atoms with Crippen molar-refractivity contribution in [1.29, 1.82) is 0 Å². The molecule has 0 bridgehead atoms. The molecule has 2 aliphatic heterocycles. The number of hydrogen-bond acceptors (Lipinski definition) is 3. The van der Waals surface area contributed by atoms with Gasteiger partial charge in [-0.25, -0.2) is 0 Å². The molecule has 0 saturated carbocycles. The molecule has 28 heavy (non-hydrogen) atoms. The van der Waals surface area contributed by atoms with Gasteiger partial charge in [-0.05, 0) is 42.8 Å². The molecule has 2 aromatic carbocycles. The molecule has 3 amide bonds. The van der Waals surface area contributed by atoms with Crippen molar-refractivity contribution in [2.75, 3.05) is 28.2 Å². The van der Waals surface area contributed by atoms with Gasteiger partial charge in [-0.1, -0.05) is 28.1 Å². The number of carbonyl (C=O) groups is 3. The molecule has 144 valence electrons. The van der Waals surface area contributed by atoms with Gasteiger partial charge in [-0.3, -0.25) is 14.4 Å². The highest BCUT2D eigenvalue weighted by Gasteiger charge is 2.35. The highest BCUT2D eigenvalue weighted by atomic mass is 79.9. The summed E-state index contributed by atoms with van der Waals surface area (Å²) in [5.41, 5.74) is 2.21. The van der Waals surface area contributed by atoms with Crippen molar-refractivity contribution in [2.45, 2.75) is 19.3 Å². The van der Waals surface area contributed by atoms with Crippen molar-refractivity contribution < 1.29 is 14.4 Å². The third-order valence-corrected chi connectivity index (χ3v) is 5.61. The maximum Gasteiger partial charge on any atom is 0.229 e. The molecule has 0 radical (unpaired) electrons. The number of carbonyl (C=O) groups excluding carboxylic acids is 3. The van der Waals surface area contributed by atoms with Crippen molar-refractivity contribution in [3.8, 4) is 0 Å². The second-order valence-electron chi connectivity index (χ2n) is 7.07. The predicted molar refractivity (Wildman–Crippen MR) is 111 cm³/mol. The fraction of sp³-hybridized carbons (Fsp3) is 0.286. The van der Waals surface area contributed by atoms with Crippen LogP contribution in [0.25, 0.3) is 0 Å². The third kappa shape index (κ3) is 3.80. The van der Waals surface area contributed by atoms with Gasteiger partial charge >= 0.3 is 0 Å². The van der Waals surface area contributed by atoms with Gasteiger partial charge in [0.05, 0.1) is 5.92 Å². The van der Waals surface area contributed by atoms with Gasteiger partial charge < -0.3 is 15.1 Å². The monoisotopic (exact) mass is 441 g/mol. The van der Waals surface area contributed by atoms with E-state index >= 15 is 0 Å². The van der Waals surface area contributed by atoms with Gasteiger partial charge in [0.1, 0.15) is 0 Å². The average Bonchev–Trinajstić information content (AvgIpc) is 3.27. The zero-order valence-corrected chi connectivity index (χ0v) is 16.8. The van der Waals surface area contributed by atoms with Crippen LogP contribution in [0.3, 0.4) is 0 Å². The molecule has 1 N–H and O–H groups in total. The Hall–Kier alpha value is -2.67. The van der Waals surface area contributed by atoms with Crippen LogP contribution in [0.1, 0.15) is 19.3 Å². The molecule has 0 spiro atoms. The van der Waals surface area contributed by atoms with Crippen molar-refractivity contribution in [2.24, 2.45) is 5.92 Å². The van der Waals surface area contributed by atoms with Crippen LogP contribution < -0.4 is 15.1 Å². The first-order valence-electron chi connectivity index (χ1n) is 9.28. The molecular formula is C21H20BrN3O3. The molecule has 2 fully saturated rings. The van der Waals surface area contributed by atoms with E-state index in [-0.39, 0.29) is 24.1 Å². The second kappa shape index (κ2) is 7.75. The summed E-state index contributed by atoms with van der Waals surface area (Å²) in [5.74, 6) is -0.552. The van der Waals surface area contributed by atoms with Crippen LogP contribution >= 0.6 is 15.9 Å². The van der Waals surface area contributed by atoms with Crippen molar-refractivity contribution in [3.05, 3.63) is 53.0 Å². The third-order valence-electron chi connectivity index (χ3n) is 5.11. The molecule has 4 rings (SSSR count). The van der Waals surface area contributed by atoms with E-state index in [1.165, 1.54) is 0 Å². The highest BCUT2D eigenvalue weighted by Crippen LogP contribution is 2.29. The summed E-state index contributed by atoms with van der Waals surface area (Å²) in [4.78, 5) is 40.5. The average molecular weight is 442 g/mol. The minimum atomic E-state index is -0.413. The first-order chi connectivity index (χ1) is 13.5. The first-order valence-corrected chi connectivity index (χ1v) is 10.1. The van der Waals surface area contributed by atoms with Crippen LogP contribution in [0.5, 0.6) is 0 Å². The summed E-state index contributed by atoms with van der Waals surface area (Å²) >= 11 is 3.41. The highest BCUT2D eigenvalue weighted by molar-refractivity contribution is 9.10. The fourth-order valence-corrected chi connectivity index (χ4v) is 4.08. The van der Waals surface area contributed by atoms with Crippen molar-refractivity contribution in [1.82, 2.24) is 0 Å². The number of nitrogens with zero attached hydrogens (tertiary/aromatic N) is 2. The molecule has 1 atom stereocenters. The van der Waals surface area contributed by atoms with Gasteiger partial charge in [0.25, 0.3) is 0 Å². The Kier molecular flexibility index (Phi) is 5.17. The maximum absolute atomic E-state index is 12.7. The van der Waals surface area contributed by atoms with E-state index in [0.29, 0.717) is 25.2 Å². The number of nitrogens with one attached hydrogen (secondary N) is 1. The summed E-state index contributed by atoms with van der Waals surface area (Å²) in [6.07, 6.45) is 1.60. The van der Waals surface area contributed by atoms with Crippen LogP contribution in [0.4, 0.5) is 17.1 Å².